The molecule has 1 aliphatic rings. The molecule has 2 heteroatoms. The Morgan fingerprint density at radius 3 is 1.53 bits per heavy atom. The molecule has 1 aliphatic heterocycles. The molecule has 1 rings (SSSR count). The lowest BCUT2D eigenvalue weighted by molar-refractivity contribution is 0.389. The van der Waals surface area contributed by atoms with Gasteiger partial charge in [0.2, 0.25) is 0 Å². The van der Waals surface area contributed by atoms with Crippen molar-refractivity contribution in [1.29, 1.82) is 0 Å². The van der Waals surface area contributed by atoms with Crippen LogP contribution in [0.15, 0.2) is 24.8 Å². The molecule has 2 nitrogen and oxygen atoms in total. The van der Waals surface area contributed by atoms with Crippen molar-refractivity contribution in [3.05, 3.63) is 24.8 Å². The van der Waals surface area contributed by atoms with Crippen molar-refractivity contribution < 1.29 is 4.74 Å². The van der Waals surface area contributed by atoms with E-state index in [4.69, 9.17) is 10.5 Å². The normalized spacial score (nSPS) is 21.0. The molecule has 2 atom stereocenters. The van der Waals surface area contributed by atoms with Crippen molar-refractivity contribution in [1.82, 2.24) is 0 Å². The second-order valence-corrected chi connectivity index (χ2v) is 2.72. The summed E-state index contributed by atoms with van der Waals surface area (Å²) in [5.41, 5.74) is 4.85. The van der Waals surface area contributed by atoms with Gasteiger partial charge in [0, 0.05) is 0 Å². The molecule has 0 spiro atoms. The molecule has 1 saturated heterocycles. The van der Waals surface area contributed by atoms with Crippen LogP contribution in [-0.2, 0) is 4.74 Å². The summed E-state index contributed by atoms with van der Waals surface area (Å²) in [4.78, 5) is 0. The van der Waals surface area contributed by atoms with Crippen molar-refractivity contribution in [3.8, 4) is 0 Å². The van der Waals surface area contributed by atoms with E-state index in [1.807, 2.05) is 39.8 Å². The monoisotopic (exact) mass is 215 g/mol. The van der Waals surface area contributed by atoms with Gasteiger partial charge < -0.3 is 10.5 Å². The van der Waals surface area contributed by atoms with Crippen LogP contribution >= 0.6 is 0 Å². The minimum absolute atomic E-state index is 0.551. The minimum atomic E-state index is 0.551. The van der Waals surface area contributed by atoms with E-state index in [0.29, 0.717) is 12.2 Å². The second kappa shape index (κ2) is 19.0. The van der Waals surface area contributed by atoms with Gasteiger partial charge in [-0.2, -0.15) is 0 Å². The highest BCUT2D eigenvalue weighted by molar-refractivity contribution is 4.94. The molecule has 1 fully saturated rings. The molecule has 0 amide bonds. The van der Waals surface area contributed by atoms with Crippen LogP contribution < -0.4 is 5.73 Å². The zero-order valence-electron chi connectivity index (χ0n) is 11.3. The van der Waals surface area contributed by atoms with Crippen LogP contribution in [0.1, 0.15) is 41.5 Å². The van der Waals surface area contributed by atoms with E-state index in [2.05, 4.69) is 20.4 Å². The molecule has 0 aromatic carbocycles. The molecule has 0 radical (unpaired) electrons. The number of nitrogens with two attached hydrogens (primary N) is 1. The van der Waals surface area contributed by atoms with Gasteiger partial charge in [0.15, 0.2) is 0 Å². The fourth-order valence-corrected chi connectivity index (χ4v) is 0.429. The van der Waals surface area contributed by atoms with Gasteiger partial charge >= 0.3 is 0 Å². The fraction of sp³-hybridized carbons (Fsp3) is 0.692. The Labute approximate surface area is 96.2 Å². The van der Waals surface area contributed by atoms with Gasteiger partial charge in [-0.1, -0.05) is 45.6 Å². The Morgan fingerprint density at radius 2 is 1.53 bits per heavy atom. The lowest BCUT2D eigenvalue weighted by atomic mass is 10.4. The largest absolute Gasteiger partial charge is 0.370 e. The van der Waals surface area contributed by atoms with Gasteiger partial charge in [-0.3, -0.25) is 0 Å². The van der Waals surface area contributed by atoms with E-state index in [-0.39, 0.29) is 0 Å². The first kappa shape index (κ1) is 19.9. The van der Waals surface area contributed by atoms with Gasteiger partial charge in [0.25, 0.3) is 0 Å². The van der Waals surface area contributed by atoms with Crippen LogP contribution in [0.25, 0.3) is 0 Å². The summed E-state index contributed by atoms with van der Waals surface area (Å²) in [5, 5.41) is 0. The van der Waals surface area contributed by atoms with E-state index in [9.17, 15) is 0 Å². The molecule has 0 aliphatic carbocycles. The van der Waals surface area contributed by atoms with E-state index in [1.54, 1.807) is 6.08 Å². The summed E-state index contributed by atoms with van der Waals surface area (Å²) in [7, 11) is 0. The number of rotatable bonds is 1. The minimum Gasteiger partial charge on any atom is -0.370 e. The van der Waals surface area contributed by atoms with E-state index in [1.165, 1.54) is 0 Å². The highest BCUT2D eigenvalue weighted by Crippen LogP contribution is 2.18. The maximum atomic E-state index is 4.92. The van der Waals surface area contributed by atoms with Crippen molar-refractivity contribution >= 4 is 0 Å². The Bertz CT molecular complexity index is 126. The maximum Gasteiger partial charge on any atom is 0.0811 e. The molecular weight excluding hydrogens is 186 g/mol. The van der Waals surface area contributed by atoms with Crippen LogP contribution in [0.4, 0.5) is 0 Å². The van der Waals surface area contributed by atoms with Crippen molar-refractivity contribution in [2.45, 2.75) is 53.8 Å². The standard InChI is InChI=1S/C5H8.C4H8O.C2H7N.C2H6/c1-3-5-4-2;1-3-4(2)5-3;1-2-3;1-2/h3-5H,1H2,2H3;3-4H,1-2H3;2-3H2,1H3;1-2H3/b5-4-;;;. The van der Waals surface area contributed by atoms with Crippen molar-refractivity contribution in [2.75, 3.05) is 6.54 Å². The zero-order valence-corrected chi connectivity index (χ0v) is 11.3. The third-order valence-corrected chi connectivity index (χ3v) is 1.34. The van der Waals surface area contributed by atoms with Crippen LogP contribution in [0.3, 0.4) is 0 Å². The van der Waals surface area contributed by atoms with Crippen LogP contribution in [-0.4, -0.2) is 18.8 Å². The molecular formula is C13H29NO. The van der Waals surface area contributed by atoms with Crippen LogP contribution in [0.5, 0.6) is 0 Å². The Hall–Kier alpha value is -0.600. The van der Waals surface area contributed by atoms with Gasteiger partial charge in [0.1, 0.15) is 0 Å². The van der Waals surface area contributed by atoms with Crippen LogP contribution in [0, 0.1) is 0 Å². The molecule has 0 aromatic rings. The smallest absolute Gasteiger partial charge is 0.0811 e. The highest BCUT2D eigenvalue weighted by Gasteiger charge is 2.27. The molecule has 1 heterocycles. The van der Waals surface area contributed by atoms with E-state index < -0.39 is 0 Å². The third kappa shape index (κ3) is 31.8. The third-order valence-electron chi connectivity index (χ3n) is 1.34. The predicted octanol–water partition coefficient (Wildman–Crippen LogP) is 3.53. The second-order valence-electron chi connectivity index (χ2n) is 2.72. The molecule has 0 saturated carbocycles. The summed E-state index contributed by atoms with van der Waals surface area (Å²) >= 11 is 0. The average molecular weight is 215 g/mol. The molecule has 15 heavy (non-hydrogen) atoms. The van der Waals surface area contributed by atoms with Crippen molar-refractivity contribution in [2.24, 2.45) is 5.73 Å². The maximum absolute atomic E-state index is 4.92. The number of hydrogen-bond acceptors (Lipinski definition) is 2. The predicted molar refractivity (Wildman–Crippen MR) is 71.1 cm³/mol. The van der Waals surface area contributed by atoms with Gasteiger partial charge in [-0.15, -0.1) is 0 Å². The quantitative estimate of drug-likeness (QED) is 0.537. The van der Waals surface area contributed by atoms with Crippen molar-refractivity contribution in [3.63, 3.8) is 0 Å². The first-order valence-corrected chi connectivity index (χ1v) is 5.73. The Balaban J connectivity index is -0.000000137. The number of ether oxygens (including phenoxy) is 1. The summed E-state index contributed by atoms with van der Waals surface area (Å²) in [6, 6.07) is 0. The summed E-state index contributed by atoms with van der Waals surface area (Å²) in [6.07, 6.45) is 6.68. The Morgan fingerprint density at radius 1 is 1.27 bits per heavy atom. The number of epoxide rings is 1. The summed E-state index contributed by atoms with van der Waals surface area (Å²) in [5.74, 6) is 0. The first-order chi connectivity index (χ1) is 7.13. The van der Waals surface area contributed by atoms with E-state index >= 15 is 0 Å². The molecule has 2 unspecified atom stereocenters. The molecule has 0 aromatic heterocycles. The summed E-state index contributed by atoms with van der Waals surface area (Å²) < 4.78 is 4.92. The van der Waals surface area contributed by atoms with Gasteiger partial charge in [-0.05, 0) is 27.3 Å². The Kier molecular flexibility index (Phi) is 25.3. The lowest BCUT2D eigenvalue weighted by Crippen LogP contribution is -1.87. The number of allylic oxidation sites excluding steroid dienone is 3. The van der Waals surface area contributed by atoms with Crippen LogP contribution in [0.2, 0.25) is 0 Å². The number of hydrogen-bond donors (Lipinski definition) is 1. The summed E-state index contributed by atoms with van der Waals surface area (Å²) in [6.45, 7) is 16.2. The molecule has 0 bridgehead atoms. The highest BCUT2D eigenvalue weighted by atomic mass is 16.6. The lowest BCUT2D eigenvalue weighted by Gasteiger charge is -1.57. The zero-order chi connectivity index (χ0) is 12.7. The van der Waals surface area contributed by atoms with Gasteiger partial charge in [0.05, 0.1) is 12.2 Å². The van der Waals surface area contributed by atoms with Gasteiger partial charge in [-0.25, -0.2) is 0 Å². The SMILES string of the molecule is C=C/C=C\C.CC.CC1OC1C.CCN. The first-order valence-electron chi connectivity index (χ1n) is 5.73. The van der Waals surface area contributed by atoms with E-state index in [0.717, 1.165) is 6.54 Å². The average Bonchev–Trinajstić information content (AvgIpc) is 2.86. The molecule has 2 N–H and O–H groups in total. The molecule has 92 valence electrons. The fourth-order valence-electron chi connectivity index (χ4n) is 0.429. The topological polar surface area (TPSA) is 38.5 Å².